The van der Waals surface area contributed by atoms with E-state index in [1.807, 2.05) is 32.0 Å². The van der Waals surface area contributed by atoms with Crippen LogP contribution in [0.5, 0.6) is 0 Å². The lowest BCUT2D eigenvalue weighted by Gasteiger charge is -2.12. The Morgan fingerprint density at radius 2 is 1.88 bits per heavy atom. The third-order valence-corrected chi connectivity index (χ3v) is 6.64. The Morgan fingerprint density at radius 3 is 2.58 bits per heavy atom. The maximum atomic E-state index is 13.1. The third-order valence-electron chi connectivity index (χ3n) is 3.91. The molecule has 3 rings (SSSR count). The molecule has 0 radical (unpaired) electrons. The Balaban J connectivity index is 2.15. The van der Waals surface area contributed by atoms with Crippen LogP contribution in [0.15, 0.2) is 47.4 Å². The average Bonchev–Trinajstić information content (AvgIpc) is 2.98. The summed E-state index contributed by atoms with van der Waals surface area (Å²) < 4.78 is 34.7. The highest BCUT2D eigenvalue weighted by atomic mass is 32.2. The number of anilines is 1. The maximum Gasteiger partial charge on any atom is 0.349 e. The van der Waals surface area contributed by atoms with Crippen LogP contribution >= 0.6 is 11.3 Å². The minimum Gasteiger partial charge on any atom is -0.462 e. The topological polar surface area (TPSA) is 72.5 Å². The molecular formula is C19H19NO4S2. The van der Waals surface area contributed by atoms with Crippen LogP contribution in [0, 0.1) is 13.8 Å². The number of fused-ring (bicyclic) bond motifs is 1. The molecule has 0 saturated heterocycles. The molecule has 0 atom stereocenters. The van der Waals surface area contributed by atoms with E-state index in [4.69, 9.17) is 4.74 Å². The van der Waals surface area contributed by atoms with Crippen LogP contribution in [-0.4, -0.2) is 21.0 Å². The first-order valence-electron chi connectivity index (χ1n) is 8.12. The third kappa shape index (κ3) is 3.45. The second-order valence-electron chi connectivity index (χ2n) is 5.90. The van der Waals surface area contributed by atoms with E-state index in [1.165, 1.54) is 0 Å². The van der Waals surface area contributed by atoms with Crippen LogP contribution in [-0.2, 0) is 14.8 Å². The highest BCUT2D eigenvalue weighted by molar-refractivity contribution is 7.93. The van der Waals surface area contributed by atoms with Gasteiger partial charge in [-0.15, -0.1) is 11.3 Å². The minimum absolute atomic E-state index is 0.0310. The van der Waals surface area contributed by atoms with E-state index < -0.39 is 16.0 Å². The number of hydrogen-bond donors (Lipinski definition) is 1. The Hall–Kier alpha value is -2.38. The number of benzene rings is 2. The molecule has 26 heavy (non-hydrogen) atoms. The summed E-state index contributed by atoms with van der Waals surface area (Å²) in [5, 5.41) is 0.512. The summed E-state index contributed by atoms with van der Waals surface area (Å²) in [6.07, 6.45) is 0. The van der Waals surface area contributed by atoms with Crippen LogP contribution in [0.4, 0.5) is 5.69 Å². The number of aryl methyl sites for hydroxylation is 2. The average molecular weight is 389 g/mol. The number of thiophene rings is 1. The zero-order valence-electron chi connectivity index (χ0n) is 14.7. The van der Waals surface area contributed by atoms with Gasteiger partial charge in [0.05, 0.1) is 12.3 Å². The monoisotopic (exact) mass is 389 g/mol. The summed E-state index contributed by atoms with van der Waals surface area (Å²) in [5.74, 6) is -0.630. The van der Waals surface area contributed by atoms with E-state index in [0.29, 0.717) is 11.1 Å². The number of carbonyl (C=O) groups is 1. The van der Waals surface area contributed by atoms with Crippen LogP contribution in [0.25, 0.3) is 10.1 Å². The Labute approximate surface area is 156 Å². The molecular weight excluding hydrogens is 370 g/mol. The van der Waals surface area contributed by atoms with E-state index >= 15 is 0 Å². The van der Waals surface area contributed by atoms with Crippen molar-refractivity contribution in [1.82, 2.24) is 0 Å². The molecule has 0 unspecified atom stereocenters. The molecule has 0 aliphatic rings. The van der Waals surface area contributed by atoms with Gasteiger partial charge in [-0.1, -0.05) is 35.9 Å². The van der Waals surface area contributed by atoms with Gasteiger partial charge < -0.3 is 4.74 Å². The van der Waals surface area contributed by atoms with Gasteiger partial charge in [0, 0.05) is 10.1 Å². The molecule has 3 aromatic rings. The fraction of sp³-hybridized carbons (Fsp3) is 0.211. The first-order valence-corrected chi connectivity index (χ1v) is 10.4. The largest absolute Gasteiger partial charge is 0.462 e. The molecule has 0 aliphatic heterocycles. The van der Waals surface area contributed by atoms with E-state index in [2.05, 4.69) is 4.72 Å². The van der Waals surface area contributed by atoms with Gasteiger partial charge >= 0.3 is 5.97 Å². The molecule has 7 heteroatoms. The summed E-state index contributed by atoms with van der Waals surface area (Å²) in [6.45, 7) is 5.64. The second-order valence-corrected chi connectivity index (χ2v) is 8.57. The molecule has 0 spiro atoms. The normalized spacial score (nSPS) is 11.5. The molecule has 136 valence electrons. The maximum absolute atomic E-state index is 13.1. The van der Waals surface area contributed by atoms with Crippen molar-refractivity contribution in [2.45, 2.75) is 25.7 Å². The number of carbonyl (C=O) groups excluding carboxylic acids is 1. The van der Waals surface area contributed by atoms with Gasteiger partial charge in [-0.3, -0.25) is 4.72 Å². The van der Waals surface area contributed by atoms with Crippen molar-refractivity contribution in [2.24, 2.45) is 0 Å². The molecule has 0 bridgehead atoms. The van der Waals surface area contributed by atoms with Gasteiger partial charge in [-0.25, -0.2) is 13.2 Å². The SMILES string of the molecule is CCOC(=O)c1sc2ccccc2c1S(=O)(=O)Nc1ccc(C)cc1C. The first kappa shape index (κ1) is 18.4. The lowest BCUT2D eigenvalue weighted by Crippen LogP contribution is -2.17. The molecule has 0 aliphatic carbocycles. The van der Waals surface area contributed by atoms with Crippen molar-refractivity contribution in [3.05, 3.63) is 58.5 Å². The Morgan fingerprint density at radius 1 is 1.15 bits per heavy atom. The molecule has 2 aromatic carbocycles. The number of esters is 1. The van der Waals surface area contributed by atoms with Gasteiger partial charge in [-0.05, 0) is 38.5 Å². The highest BCUT2D eigenvalue weighted by Crippen LogP contribution is 2.36. The summed E-state index contributed by atoms with van der Waals surface area (Å²) in [5.41, 5.74) is 2.34. The summed E-state index contributed by atoms with van der Waals surface area (Å²) in [6, 6.07) is 12.5. The summed E-state index contributed by atoms with van der Waals surface area (Å²) in [4.78, 5) is 12.4. The predicted molar refractivity (Wildman–Crippen MR) is 105 cm³/mol. The highest BCUT2D eigenvalue weighted by Gasteiger charge is 2.29. The van der Waals surface area contributed by atoms with Crippen LogP contribution in [0.3, 0.4) is 0 Å². The second kappa shape index (κ2) is 7.09. The fourth-order valence-corrected chi connectivity index (χ4v) is 5.67. The number of sulfonamides is 1. The molecule has 1 N–H and O–H groups in total. The molecule has 1 aromatic heterocycles. The van der Waals surface area contributed by atoms with Crippen LogP contribution in [0.1, 0.15) is 27.7 Å². The standard InChI is InChI=1S/C19H19NO4S2/c1-4-24-19(21)17-18(14-7-5-6-8-16(14)25-17)26(22,23)20-15-10-9-12(2)11-13(15)3/h5-11,20H,4H2,1-3H3. The lowest BCUT2D eigenvalue weighted by molar-refractivity contribution is 0.0528. The zero-order chi connectivity index (χ0) is 18.9. The summed E-state index contributed by atoms with van der Waals surface area (Å²) in [7, 11) is -3.97. The van der Waals surface area contributed by atoms with E-state index in [-0.39, 0.29) is 16.4 Å². The number of hydrogen-bond acceptors (Lipinski definition) is 5. The quantitative estimate of drug-likeness (QED) is 0.652. The molecule has 0 amide bonds. The minimum atomic E-state index is -3.97. The smallest absolute Gasteiger partial charge is 0.349 e. The van der Waals surface area contributed by atoms with Crippen molar-refractivity contribution in [3.63, 3.8) is 0 Å². The predicted octanol–water partition coefficient (Wildman–Crippen LogP) is 4.50. The number of nitrogens with one attached hydrogen (secondary N) is 1. The van der Waals surface area contributed by atoms with Gasteiger partial charge in [0.25, 0.3) is 10.0 Å². The van der Waals surface area contributed by atoms with E-state index in [1.54, 1.807) is 31.2 Å². The van der Waals surface area contributed by atoms with Crippen molar-refractivity contribution < 1.29 is 17.9 Å². The van der Waals surface area contributed by atoms with Gasteiger partial charge in [0.1, 0.15) is 9.77 Å². The van der Waals surface area contributed by atoms with Gasteiger partial charge in [-0.2, -0.15) is 0 Å². The number of rotatable bonds is 5. The van der Waals surface area contributed by atoms with Gasteiger partial charge in [0.15, 0.2) is 0 Å². The van der Waals surface area contributed by atoms with Crippen LogP contribution < -0.4 is 4.72 Å². The Kier molecular flexibility index (Phi) is 5.02. The number of ether oxygens (including phenoxy) is 1. The lowest BCUT2D eigenvalue weighted by atomic mass is 10.1. The van der Waals surface area contributed by atoms with Crippen LogP contribution in [0.2, 0.25) is 0 Å². The van der Waals surface area contributed by atoms with Crippen molar-refractivity contribution in [1.29, 1.82) is 0 Å². The van der Waals surface area contributed by atoms with Crippen molar-refractivity contribution in [2.75, 3.05) is 11.3 Å². The molecule has 0 fully saturated rings. The summed E-state index contributed by atoms with van der Waals surface area (Å²) >= 11 is 1.12. The molecule has 5 nitrogen and oxygen atoms in total. The van der Waals surface area contributed by atoms with Gasteiger partial charge in [0.2, 0.25) is 0 Å². The fourth-order valence-electron chi connectivity index (χ4n) is 2.74. The van der Waals surface area contributed by atoms with E-state index in [9.17, 15) is 13.2 Å². The van der Waals surface area contributed by atoms with E-state index in [0.717, 1.165) is 27.2 Å². The van der Waals surface area contributed by atoms with Crippen molar-refractivity contribution in [3.8, 4) is 0 Å². The Bertz CT molecular complexity index is 1080. The molecule has 0 saturated carbocycles. The van der Waals surface area contributed by atoms with Crippen molar-refractivity contribution >= 4 is 43.1 Å². The zero-order valence-corrected chi connectivity index (χ0v) is 16.3. The first-order chi connectivity index (χ1) is 12.3. The molecule has 1 heterocycles.